The molecule has 5 nitrogen and oxygen atoms in total. The number of rotatable bonds is 4. The summed E-state index contributed by atoms with van der Waals surface area (Å²) in [5.41, 5.74) is 3.81. The van der Waals surface area contributed by atoms with Crippen molar-refractivity contribution in [3.63, 3.8) is 0 Å². The van der Waals surface area contributed by atoms with Crippen molar-refractivity contribution in [2.45, 2.75) is 19.1 Å². The number of carbonyl (C=O) groups excluding carboxylic acids is 2. The molecule has 1 aliphatic heterocycles. The van der Waals surface area contributed by atoms with Gasteiger partial charge in [-0.25, -0.2) is 4.79 Å². The summed E-state index contributed by atoms with van der Waals surface area (Å²) in [6, 6.07) is 18.5. The van der Waals surface area contributed by atoms with E-state index in [1.54, 1.807) is 30.6 Å². The summed E-state index contributed by atoms with van der Waals surface area (Å²) in [4.78, 5) is 28.8. The van der Waals surface area contributed by atoms with Crippen molar-refractivity contribution in [3.05, 3.63) is 101 Å². The van der Waals surface area contributed by atoms with Crippen LogP contribution in [-0.4, -0.2) is 16.9 Å². The highest BCUT2D eigenvalue weighted by Crippen LogP contribution is 2.31. The lowest BCUT2D eigenvalue weighted by Crippen LogP contribution is -2.25. The SMILES string of the molecule is O=C(NCc1ccncc1)c1ccc2c(c1)CC(c1ccccc1)OC2=O. The first-order valence-corrected chi connectivity index (χ1v) is 8.76. The van der Waals surface area contributed by atoms with Crippen LogP contribution in [0.2, 0.25) is 0 Å². The van der Waals surface area contributed by atoms with Gasteiger partial charge in [0.05, 0.1) is 5.56 Å². The van der Waals surface area contributed by atoms with E-state index in [1.807, 2.05) is 42.5 Å². The summed E-state index contributed by atoms with van der Waals surface area (Å²) in [6.45, 7) is 0.424. The number of amides is 1. The van der Waals surface area contributed by atoms with E-state index in [4.69, 9.17) is 4.74 Å². The fraction of sp³-hybridized carbons (Fsp3) is 0.136. The molecule has 0 bridgehead atoms. The van der Waals surface area contributed by atoms with E-state index in [1.165, 1.54) is 0 Å². The Morgan fingerprint density at radius 2 is 1.85 bits per heavy atom. The highest BCUT2D eigenvalue weighted by Gasteiger charge is 2.28. The van der Waals surface area contributed by atoms with Gasteiger partial charge in [-0.3, -0.25) is 9.78 Å². The lowest BCUT2D eigenvalue weighted by atomic mass is 9.93. The number of hydrogen-bond acceptors (Lipinski definition) is 4. The average Bonchev–Trinajstić information content (AvgIpc) is 2.73. The van der Waals surface area contributed by atoms with Gasteiger partial charge in [0.15, 0.2) is 0 Å². The fourth-order valence-corrected chi connectivity index (χ4v) is 3.18. The van der Waals surface area contributed by atoms with Crippen molar-refractivity contribution in [1.29, 1.82) is 0 Å². The summed E-state index contributed by atoms with van der Waals surface area (Å²) < 4.78 is 5.56. The zero-order chi connectivity index (χ0) is 18.6. The van der Waals surface area contributed by atoms with E-state index >= 15 is 0 Å². The number of benzene rings is 2. The molecule has 3 aromatic rings. The van der Waals surface area contributed by atoms with E-state index in [0.717, 1.165) is 16.7 Å². The lowest BCUT2D eigenvalue weighted by molar-refractivity contribution is 0.0252. The standard InChI is InChI=1S/C22H18N2O3/c25-21(24-14-15-8-10-23-11-9-15)17-6-7-19-18(12-17)13-20(27-22(19)26)16-4-2-1-3-5-16/h1-12,20H,13-14H2,(H,24,25). The third kappa shape index (κ3) is 3.72. The van der Waals surface area contributed by atoms with Crippen LogP contribution in [0.25, 0.3) is 0 Å². The first-order chi connectivity index (χ1) is 13.2. The van der Waals surface area contributed by atoms with Gasteiger partial charge in [0.25, 0.3) is 5.91 Å². The Morgan fingerprint density at radius 1 is 1.07 bits per heavy atom. The molecule has 1 amide bonds. The van der Waals surface area contributed by atoms with E-state index in [9.17, 15) is 9.59 Å². The largest absolute Gasteiger partial charge is 0.454 e. The Bertz CT molecular complexity index is 971. The molecule has 0 aliphatic carbocycles. The Balaban J connectivity index is 1.52. The van der Waals surface area contributed by atoms with Gasteiger partial charge in [-0.2, -0.15) is 0 Å². The van der Waals surface area contributed by atoms with Gasteiger partial charge in [0.1, 0.15) is 6.10 Å². The molecule has 0 fully saturated rings. The number of fused-ring (bicyclic) bond motifs is 1. The number of pyridine rings is 1. The van der Waals surface area contributed by atoms with E-state index in [-0.39, 0.29) is 18.0 Å². The molecule has 1 atom stereocenters. The van der Waals surface area contributed by atoms with Gasteiger partial charge in [-0.1, -0.05) is 30.3 Å². The van der Waals surface area contributed by atoms with Crippen LogP contribution in [-0.2, 0) is 17.7 Å². The fourth-order valence-electron chi connectivity index (χ4n) is 3.18. The third-order valence-corrected chi connectivity index (χ3v) is 4.62. The molecule has 27 heavy (non-hydrogen) atoms. The van der Waals surface area contributed by atoms with Crippen LogP contribution < -0.4 is 5.32 Å². The van der Waals surface area contributed by atoms with Crippen molar-refractivity contribution < 1.29 is 14.3 Å². The molecule has 1 aromatic heterocycles. The van der Waals surface area contributed by atoms with Crippen molar-refractivity contribution >= 4 is 11.9 Å². The van der Waals surface area contributed by atoms with Gasteiger partial charge in [0.2, 0.25) is 0 Å². The third-order valence-electron chi connectivity index (χ3n) is 4.62. The maximum atomic E-state index is 12.5. The molecule has 2 aromatic carbocycles. The molecule has 134 valence electrons. The summed E-state index contributed by atoms with van der Waals surface area (Å²) in [7, 11) is 0. The number of cyclic esters (lactones) is 1. The second kappa shape index (κ2) is 7.41. The first kappa shape index (κ1) is 17.0. The van der Waals surface area contributed by atoms with E-state index in [0.29, 0.717) is 24.1 Å². The zero-order valence-electron chi connectivity index (χ0n) is 14.6. The number of aromatic nitrogens is 1. The second-order valence-electron chi connectivity index (χ2n) is 6.42. The Kier molecular flexibility index (Phi) is 4.66. The molecular formula is C22H18N2O3. The van der Waals surface area contributed by atoms with Crippen LogP contribution in [0.15, 0.2) is 73.1 Å². The van der Waals surface area contributed by atoms with Crippen LogP contribution in [0.4, 0.5) is 0 Å². The topological polar surface area (TPSA) is 68.3 Å². The minimum Gasteiger partial charge on any atom is -0.454 e. The average molecular weight is 358 g/mol. The summed E-state index contributed by atoms with van der Waals surface area (Å²) in [5.74, 6) is -0.529. The number of ether oxygens (including phenoxy) is 1. The van der Waals surface area contributed by atoms with Gasteiger partial charge in [-0.15, -0.1) is 0 Å². The number of esters is 1. The molecule has 1 aliphatic rings. The van der Waals surface area contributed by atoms with Crippen LogP contribution in [0.5, 0.6) is 0 Å². The molecular weight excluding hydrogens is 340 g/mol. The van der Waals surface area contributed by atoms with Crippen molar-refractivity contribution in [2.24, 2.45) is 0 Å². The molecule has 1 unspecified atom stereocenters. The molecule has 1 N–H and O–H groups in total. The van der Waals surface area contributed by atoms with Crippen molar-refractivity contribution in [3.8, 4) is 0 Å². The predicted molar refractivity (Wildman–Crippen MR) is 100 cm³/mol. The maximum Gasteiger partial charge on any atom is 0.339 e. The zero-order valence-corrected chi connectivity index (χ0v) is 14.6. The molecule has 0 saturated carbocycles. The summed E-state index contributed by atoms with van der Waals surface area (Å²) in [6.07, 6.45) is 3.60. The monoisotopic (exact) mass is 358 g/mol. The Morgan fingerprint density at radius 3 is 2.63 bits per heavy atom. The number of hydrogen-bond donors (Lipinski definition) is 1. The highest BCUT2D eigenvalue weighted by molar-refractivity contribution is 5.97. The predicted octanol–water partition coefficient (Wildman–Crippen LogP) is 3.47. The minimum atomic E-state index is -0.353. The van der Waals surface area contributed by atoms with E-state index < -0.39 is 0 Å². The molecule has 2 heterocycles. The highest BCUT2D eigenvalue weighted by atomic mass is 16.5. The molecule has 0 saturated heterocycles. The van der Waals surface area contributed by atoms with Crippen LogP contribution in [0.3, 0.4) is 0 Å². The van der Waals surface area contributed by atoms with Crippen LogP contribution >= 0.6 is 0 Å². The first-order valence-electron chi connectivity index (χ1n) is 8.76. The maximum absolute atomic E-state index is 12.5. The molecule has 0 radical (unpaired) electrons. The number of carbonyl (C=O) groups is 2. The minimum absolute atomic E-state index is 0.176. The number of nitrogens with zero attached hydrogens (tertiary/aromatic N) is 1. The summed E-state index contributed by atoms with van der Waals surface area (Å²) in [5, 5.41) is 2.89. The Labute approximate surface area is 157 Å². The summed E-state index contributed by atoms with van der Waals surface area (Å²) >= 11 is 0. The van der Waals surface area contributed by atoms with Crippen LogP contribution in [0, 0.1) is 0 Å². The van der Waals surface area contributed by atoms with Gasteiger partial charge in [0, 0.05) is 30.9 Å². The Hall–Kier alpha value is -3.47. The van der Waals surface area contributed by atoms with Gasteiger partial charge < -0.3 is 10.1 Å². The van der Waals surface area contributed by atoms with Crippen molar-refractivity contribution in [2.75, 3.05) is 0 Å². The number of nitrogens with one attached hydrogen (secondary N) is 1. The van der Waals surface area contributed by atoms with Gasteiger partial charge in [-0.05, 0) is 47.0 Å². The lowest BCUT2D eigenvalue weighted by Gasteiger charge is -2.25. The molecule has 4 rings (SSSR count). The van der Waals surface area contributed by atoms with E-state index in [2.05, 4.69) is 10.3 Å². The normalized spacial score (nSPS) is 15.6. The quantitative estimate of drug-likeness (QED) is 0.725. The molecule has 5 heteroatoms. The van der Waals surface area contributed by atoms with Gasteiger partial charge >= 0.3 is 5.97 Å². The second-order valence-corrected chi connectivity index (χ2v) is 6.42. The van der Waals surface area contributed by atoms with Crippen molar-refractivity contribution in [1.82, 2.24) is 10.3 Å². The van der Waals surface area contributed by atoms with Crippen LogP contribution in [0.1, 0.15) is 43.5 Å². The smallest absolute Gasteiger partial charge is 0.339 e. The molecule has 0 spiro atoms.